The molecule has 1 atom stereocenters. The summed E-state index contributed by atoms with van der Waals surface area (Å²) in [6, 6.07) is 10.6. The van der Waals surface area contributed by atoms with Crippen molar-refractivity contribution in [2.75, 3.05) is 19.6 Å². The molecule has 2 aromatic rings. The molecule has 1 spiro atoms. The van der Waals surface area contributed by atoms with E-state index in [4.69, 9.17) is 10.5 Å². The number of ether oxygens (including phenoxy) is 1. The van der Waals surface area contributed by atoms with Gasteiger partial charge >= 0.3 is 0 Å². The highest BCUT2D eigenvalue weighted by Crippen LogP contribution is 2.34. The van der Waals surface area contributed by atoms with Crippen LogP contribution in [-0.4, -0.2) is 45.8 Å². The number of benzene rings is 1. The molecule has 0 radical (unpaired) electrons. The minimum Gasteiger partial charge on any atom is -0.367 e. The summed E-state index contributed by atoms with van der Waals surface area (Å²) < 4.78 is 8.15. The lowest BCUT2D eigenvalue weighted by atomic mass is 9.89. The van der Waals surface area contributed by atoms with Crippen LogP contribution in [0.15, 0.2) is 30.3 Å². The first-order chi connectivity index (χ1) is 12.9. The molecule has 0 aliphatic carbocycles. The number of fused-ring (bicyclic) bond motifs is 1. The Labute approximate surface area is 160 Å². The Hall–Kier alpha value is -2.18. The number of aryl methyl sites for hydroxylation is 1. The first-order valence-electron chi connectivity index (χ1n) is 9.73. The van der Waals surface area contributed by atoms with Crippen LogP contribution >= 0.6 is 0 Å². The van der Waals surface area contributed by atoms with E-state index >= 15 is 0 Å². The van der Waals surface area contributed by atoms with Crippen molar-refractivity contribution in [1.82, 2.24) is 14.7 Å². The van der Waals surface area contributed by atoms with E-state index in [1.54, 1.807) is 6.07 Å². The number of amides is 1. The number of nitrogens with two attached hydrogens (primary N) is 1. The summed E-state index contributed by atoms with van der Waals surface area (Å²) in [4.78, 5) is 13.9. The first-order valence-corrected chi connectivity index (χ1v) is 9.73. The quantitative estimate of drug-likeness (QED) is 0.900. The molecule has 0 bridgehead atoms. The number of likely N-dealkylation sites (tertiary alicyclic amines) is 1. The molecule has 6 nitrogen and oxygen atoms in total. The van der Waals surface area contributed by atoms with Crippen LogP contribution in [-0.2, 0) is 17.9 Å². The van der Waals surface area contributed by atoms with E-state index < -0.39 is 5.91 Å². The minimum atomic E-state index is -0.481. The van der Waals surface area contributed by atoms with Gasteiger partial charge in [-0.1, -0.05) is 36.8 Å². The van der Waals surface area contributed by atoms with Crippen LogP contribution in [0.25, 0.3) is 0 Å². The maximum Gasteiger partial charge on any atom is 0.269 e. The fourth-order valence-electron chi connectivity index (χ4n) is 4.21. The van der Waals surface area contributed by atoms with E-state index in [0.717, 1.165) is 38.2 Å². The van der Waals surface area contributed by atoms with Gasteiger partial charge in [0, 0.05) is 19.6 Å². The molecule has 6 heteroatoms. The predicted octanol–water partition coefficient (Wildman–Crippen LogP) is 2.46. The zero-order valence-corrected chi connectivity index (χ0v) is 16.1. The van der Waals surface area contributed by atoms with Crippen molar-refractivity contribution in [2.45, 2.75) is 51.4 Å². The monoisotopic (exact) mass is 368 g/mol. The summed E-state index contributed by atoms with van der Waals surface area (Å²) in [6.07, 6.45) is 1.97. The lowest BCUT2D eigenvalue weighted by molar-refractivity contribution is -0.123. The summed E-state index contributed by atoms with van der Waals surface area (Å²) in [5.41, 5.74) is 9.15. The Bertz CT molecular complexity index is 819. The molecule has 1 aromatic carbocycles. The lowest BCUT2D eigenvalue weighted by Crippen LogP contribution is -2.51. The molecule has 27 heavy (non-hydrogen) atoms. The summed E-state index contributed by atoms with van der Waals surface area (Å²) in [5.74, 6) is 0.0358. The third-order valence-corrected chi connectivity index (χ3v) is 6.03. The van der Waals surface area contributed by atoms with Gasteiger partial charge in [-0.05, 0) is 37.3 Å². The highest BCUT2D eigenvalue weighted by molar-refractivity contribution is 5.90. The van der Waals surface area contributed by atoms with Crippen molar-refractivity contribution in [3.05, 3.63) is 52.8 Å². The second-order valence-electron chi connectivity index (χ2n) is 8.13. The average molecular weight is 368 g/mol. The summed E-state index contributed by atoms with van der Waals surface area (Å²) >= 11 is 0. The van der Waals surface area contributed by atoms with Crippen LogP contribution in [0.3, 0.4) is 0 Å². The Morgan fingerprint density at radius 2 is 2.00 bits per heavy atom. The van der Waals surface area contributed by atoms with Gasteiger partial charge in [-0.2, -0.15) is 5.10 Å². The zero-order valence-electron chi connectivity index (χ0n) is 16.1. The van der Waals surface area contributed by atoms with Gasteiger partial charge in [-0.15, -0.1) is 0 Å². The molecule has 1 unspecified atom stereocenters. The highest BCUT2D eigenvalue weighted by atomic mass is 16.5. The summed E-state index contributed by atoms with van der Waals surface area (Å²) in [5, 5.41) is 4.36. The lowest BCUT2D eigenvalue weighted by Gasteiger charge is -2.44. The Morgan fingerprint density at radius 1 is 1.30 bits per heavy atom. The SMILES string of the molecule is Cc1ccc(C(C)CN2CCC3(CC2)Cn2nc(C(N)=O)cc2CO3)cc1. The van der Waals surface area contributed by atoms with Crippen molar-refractivity contribution in [2.24, 2.45) is 5.73 Å². The highest BCUT2D eigenvalue weighted by Gasteiger charge is 2.40. The number of piperidine rings is 1. The van der Waals surface area contributed by atoms with Crippen molar-refractivity contribution in [3.63, 3.8) is 0 Å². The van der Waals surface area contributed by atoms with E-state index in [1.807, 2.05) is 4.68 Å². The molecule has 4 rings (SSSR count). The normalized spacial score (nSPS) is 20.4. The maximum atomic E-state index is 11.4. The Kier molecular flexibility index (Phi) is 4.78. The molecule has 1 fully saturated rings. The van der Waals surface area contributed by atoms with E-state index in [-0.39, 0.29) is 5.60 Å². The van der Waals surface area contributed by atoms with Crippen LogP contribution in [0.2, 0.25) is 0 Å². The van der Waals surface area contributed by atoms with Crippen molar-refractivity contribution in [3.8, 4) is 0 Å². The summed E-state index contributed by atoms with van der Waals surface area (Å²) in [7, 11) is 0. The second kappa shape index (κ2) is 7.09. The Balaban J connectivity index is 1.36. The number of rotatable bonds is 4. The molecule has 2 aliphatic heterocycles. The van der Waals surface area contributed by atoms with E-state index in [2.05, 4.69) is 48.1 Å². The molecule has 2 aliphatic rings. The van der Waals surface area contributed by atoms with Crippen LogP contribution in [0.1, 0.15) is 53.0 Å². The fourth-order valence-corrected chi connectivity index (χ4v) is 4.21. The molecule has 1 aromatic heterocycles. The number of carbonyl (C=O) groups excluding carboxylic acids is 1. The van der Waals surface area contributed by atoms with Gasteiger partial charge in [0.25, 0.3) is 5.91 Å². The first kappa shape index (κ1) is 18.2. The fraction of sp³-hybridized carbons (Fsp3) is 0.524. The van der Waals surface area contributed by atoms with Gasteiger partial charge in [-0.3, -0.25) is 9.48 Å². The van der Waals surface area contributed by atoms with E-state index in [9.17, 15) is 4.79 Å². The van der Waals surface area contributed by atoms with Crippen LogP contribution in [0.5, 0.6) is 0 Å². The molecule has 144 valence electrons. The molecular weight excluding hydrogens is 340 g/mol. The van der Waals surface area contributed by atoms with Gasteiger partial charge in [0.15, 0.2) is 0 Å². The topological polar surface area (TPSA) is 73.4 Å². The molecule has 1 amide bonds. The van der Waals surface area contributed by atoms with Crippen LogP contribution in [0.4, 0.5) is 0 Å². The molecule has 0 saturated carbocycles. The third-order valence-electron chi connectivity index (χ3n) is 6.03. The Morgan fingerprint density at radius 3 is 2.67 bits per heavy atom. The smallest absolute Gasteiger partial charge is 0.269 e. The number of primary amides is 1. The largest absolute Gasteiger partial charge is 0.367 e. The van der Waals surface area contributed by atoms with Crippen molar-refractivity contribution in [1.29, 1.82) is 0 Å². The van der Waals surface area contributed by atoms with Crippen LogP contribution < -0.4 is 5.73 Å². The van der Waals surface area contributed by atoms with E-state index in [1.165, 1.54) is 11.1 Å². The van der Waals surface area contributed by atoms with Gasteiger partial charge in [0.2, 0.25) is 0 Å². The molecule has 3 heterocycles. The second-order valence-corrected chi connectivity index (χ2v) is 8.13. The zero-order chi connectivity index (χ0) is 19.0. The number of aromatic nitrogens is 2. The standard InChI is InChI=1S/C21H28N4O2/c1-15-3-5-17(6-4-15)16(2)12-24-9-7-21(8-10-24)14-25-18(13-27-21)11-19(23-25)20(22)26/h3-6,11,16H,7-10,12-14H2,1-2H3,(H2,22,26). The van der Waals surface area contributed by atoms with Gasteiger partial charge in [-0.25, -0.2) is 0 Å². The number of nitrogens with zero attached hydrogens (tertiary/aromatic N) is 3. The molecule has 2 N–H and O–H groups in total. The van der Waals surface area contributed by atoms with E-state index in [0.29, 0.717) is 24.8 Å². The maximum absolute atomic E-state index is 11.4. The van der Waals surface area contributed by atoms with Gasteiger partial charge < -0.3 is 15.4 Å². The van der Waals surface area contributed by atoms with Crippen LogP contribution in [0, 0.1) is 6.92 Å². The molecule has 1 saturated heterocycles. The molecular formula is C21H28N4O2. The predicted molar refractivity (Wildman–Crippen MR) is 104 cm³/mol. The minimum absolute atomic E-state index is 0.169. The number of hydrogen-bond donors (Lipinski definition) is 1. The van der Waals surface area contributed by atoms with Crippen molar-refractivity contribution < 1.29 is 9.53 Å². The van der Waals surface area contributed by atoms with Gasteiger partial charge in [0.05, 0.1) is 24.4 Å². The third kappa shape index (κ3) is 3.77. The van der Waals surface area contributed by atoms with Gasteiger partial charge in [0.1, 0.15) is 5.69 Å². The number of hydrogen-bond acceptors (Lipinski definition) is 4. The average Bonchev–Trinajstić information content (AvgIpc) is 3.08. The number of carbonyl (C=O) groups is 1. The summed E-state index contributed by atoms with van der Waals surface area (Å²) in [6.45, 7) is 8.74. The van der Waals surface area contributed by atoms with Crippen molar-refractivity contribution >= 4 is 5.91 Å².